The molecule has 9 heteroatoms. The Bertz CT molecular complexity index is 1300. The van der Waals surface area contributed by atoms with Crippen LogP contribution in [0.1, 0.15) is 50.8 Å². The van der Waals surface area contributed by atoms with Gasteiger partial charge < -0.3 is 5.32 Å². The standard InChI is InChI=1S/C22H23N9/c1-3-13(2)31-20-18(12-25-31)26-22(29-30-23)28-21(20)27-19(14-8-9-14)16-10-15-6-4-5-7-17(15)24-11-16/h4-7,10-14,19H,3,8-9H2,1-2H3,(H,26,27,28)/t13?,19-/m1/s1. The first-order valence-corrected chi connectivity index (χ1v) is 10.6. The van der Waals surface area contributed by atoms with Crippen molar-refractivity contribution in [1.29, 1.82) is 0 Å². The number of benzene rings is 1. The Labute approximate surface area is 179 Å². The molecule has 2 atom stereocenters. The van der Waals surface area contributed by atoms with Crippen LogP contribution in [0.3, 0.4) is 0 Å². The van der Waals surface area contributed by atoms with Crippen molar-refractivity contribution in [3.63, 3.8) is 0 Å². The van der Waals surface area contributed by atoms with E-state index in [-0.39, 0.29) is 18.0 Å². The van der Waals surface area contributed by atoms with Gasteiger partial charge in [-0.15, -0.1) is 0 Å². The summed E-state index contributed by atoms with van der Waals surface area (Å²) in [6, 6.07) is 10.6. The zero-order chi connectivity index (χ0) is 21.4. The zero-order valence-corrected chi connectivity index (χ0v) is 17.5. The van der Waals surface area contributed by atoms with Crippen LogP contribution in [-0.4, -0.2) is 24.7 Å². The van der Waals surface area contributed by atoms with E-state index in [1.165, 1.54) is 0 Å². The van der Waals surface area contributed by atoms with Gasteiger partial charge in [-0.3, -0.25) is 9.67 Å². The van der Waals surface area contributed by atoms with Crippen LogP contribution in [0.2, 0.25) is 0 Å². The first-order valence-electron chi connectivity index (χ1n) is 10.6. The Balaban J connectivity index is 1.62. The molecule has 0 amide bonds. The molecule has 156 valence electrons. The number of pyridine rings is 1. The van der Waals surface area contributed by atoms with Gasteiger partial charge in [0.2, 0.25) is 5.95 Å². The number of anilines is 1. The van der Waals surface area contributed by atoms with Crippen molar-refractivity contribution in [3.05, 3.63) is 58.7 Å². The second-order valence-electron chi connectivity index (χ2n) is 8.06. The van der Waals surface area contributed by atoms with Gasteiger partial charge in [0.1, 0.15) is 11.0 Å². The number of para-hydroxylation sites is 1. The predicted molar refractivity (Wildman–Crippen MR) is 120 cm³/mol. The Morgan fingerprint density at radius 3 is 2.84 bits per heavy atom. The van der Waals surface area contributed by atoms with Crippen molar-refractivity contribution >= 4 is 33.7 Å². The monoisotopic (exact) mass is 413 g/mol. The zero-order valence-electron chi connectivity index (χ0n) is 17.5. The quantitative estimate of drug-likeness (QED) is 0.232. The minimum absolute atomic E-state index is 0.0504. The molecule has 3 heterocycles. The molecule has 1 N–H and O–H groups in total. The second kappa shape index (κ2) is 7.85. The van der Waals surface area contributed by atoms with Crippen molar-refractivity contribution in [2.24, 2.45) is 11.0 Å². The fourth-order valence-electron chi connectivity index (χ4n) is 3.95. The minimum Gasteiger partial charge on any atom is -0.361 e. The SMILES string of the molecule is CCC(C)n1ncc2nc(N=[N+]=[N-])nc(N[C@@H](c3cnc4ccccc4c3)C3CC3)c21. The summed E-state index contributed by atoms with van der Waals surface area (Å²) in [5.41, 5.74) is 12.5. The number of fused-ring (bicyclic) bond motifs is 2. The van der Waals surface area contributed by atoms with E-state index in [4.69, 9.17) is 5.53 Å². The largest absolute Gasteiger partial charge is 0.361 e. The van der Waals surface area contributed by atoms with Crippen LogP contribution in [0.25, 0.3) is 32.4 Å². The van der Waals surface area contributed by atoms with E-state index >= 15 is 0 Å². The van der Waals surface area contributed by atoms with Crippen molar-refractivity contribution < 1.29 is 0 Å². The van der Waals surface area contributed by atoms with Gasteiger partial charge in [0, 0.05) is 22.5 Å². The number of nitrogens with zero attached hydrogens (tertiary/aromatic N) is 8. The maximum absolute atomic E-state index is 8.90. The molecule has 1 aliphatic rings. The van der Waals surface area contributed by atoms with Gasteiger partial charge in [-0.05, 0) is 60.4 Å². The van der Waals surface area contributed by atoms with Gasteiger partial charge in [0.15, 0.2) is 5.82 Å². The van der Waals surface area contributed by atoms with Crippen LogP contribution >= 0.6 is 0 Å². The number of azide groups is 1. The summed E-state index contributed by atoms with van der Waals surface area (Å²) in [5.74, 6) is 1.22. The molecule has 1 saturated carbocycles. The number of hydrogen-bond acceptors (Lipinski definition) is 6. The van der Waals surface area contributed by atoms with Crippen LogP contribution in [0.15, 0.2) is 47.8 Å². The fraction of sp³-hybridized carbons (Fsp3) is 0.364. The molecule has 0 radical (unpaired) electrons. The van der Waals surface area contributed by atoms with E-state index in [1.54, 1.807) is 6.20 Å². The highest BCUT2D eigenvalue weighted by Crippen LogP contribution is 2.44. The molecule has 0 saturated heterocycles. The fourth-order valence-corrected chi connectivity index (χ4v) is 3.95. The van der Waals surface area contributed by atoms with Gasteiger partial charge in [-0.2, -0.15) is 5.10 Å². The number of hydrogen-bond donors (Lipinski definition) is 1. The Hall–Kier alpha value is -3.71. The number of aromatic nitrogens is 5. The third kappa shape index (κ3) is 3.64. The number of rotatable bonds is 7. The molecular formula is C22H23N9. The summed E-state index contributed by atoms with van der Waals surface area (Å²) < 4.78 is 1.94. The van der Waals surface area contributed by atoms with Crippen LogP contribution in [-0.2, 0) is 0 Å². The molecule has 0 aliphatic heterocycles. The maximum atomic E-state index is 8.90. The van der Waals surface area contributed by atoms with Crippen LogP contribution in [0.5, 0.6) is 0 Å². The predicted octanol–water partition coefficient (Wildman–Crippen LogP) is 5.85. The van der Waals surface area contributed by atoms with Crippen LogP contribution < -0.4 is 5.32 Å². The lowest BCUT2D eigenvalue weighted by Crippen LogP contribution is -2.16. The second-order valence-corrected chi connectivity index (χ2v) is 8.06. The number of nitrogens with one attached hydrogen (secondary N) is 1. The van der Waals surface area contributed by atoms with Crippen LogP contribution in [0.4, 0.5) is 11.8 Å². The lowest BCUT2D eigenvalue weighted by Gasteiger charge is -2.21. The van der Waals surface area contributed by atoms with E-state index < -0.39 is 0 Å². The summed E-state index contributed by atoms with van der Waals surface area (Å²) in [4.78, 5) is 16.5. The molecule has 0 spiro atoms. The van der Waals surface area contributed by atoms with E-state index in [1.807, 2.05) is 29.1 Å². The van der Waals surface area contributed by atoms with Gasteiger partial charge in [0.25, 0.3) is 0 Å². The third-order valence-electron chi connectivity index (χ3n) is 5.93. The van der Waals surface area contributed by atoms with Crippen molar-refractivity contribution in [1.82, 2.24) is 24.7 Å². The maximum Gasteiger partial charge on any atom is 0.219 e. The van der Waals surface area contributed by atoms with Crippen molar-refractivity contribution in [2.45, 2.75) is 45.2 Å². The minimum atomic E-state index is 0.0504. The van der Waals surface area contributed by atoms with Gasteiger partial charge >= 0.3 is 0 Å². The lowest BCUT2D eigenvalue weighted by molar-refractivity contribution is 0.492. The van der Waals surface area contributed by atoms with Crippen LogP contribution in [0, 0.1) is 5.92 Å². The van der Waals surface area contributed by atoms with E-state index in [0.717, 1.165) is 41.2 Å². The molecule has 3 aromatic heterocycles. The molecule has 9 nitrogen and oxygen atoms in total. The first kappa shape index (κ1) is 19.3. The highest BCUT2D eigenvalue weighted by molar-refractivity contribution is 5.87. The van der Waals surface area contributed by atoms with Gasteiger partial charge in [-0.1, -0.05) is 25.1 Å². The summed E-state index contributed by atoms with van der Waals surface area (Å²) in [6.45, 7) is 4.23. The molecule has 1 aliphatic carbocycles. The topological polar surface area (TPSA) is 117 Å². The van der Waals surface area contributed by atoms with Gasteiger partial charge in [-0.25, -0.2) is 9.97 Å². The van der Waals surface area contributed by atoms with Gasteiger partial charge in [0.05, 0.1) is 17.8 Å². The Morgan fingerprint density at radius 2 is 2.06 bits per heavy atom. The molecule has 4 aromatic rings. The molecule has 0 bridgehead atoms. The molecule has 31 heavy (non-hydrogen) atoms. The highest BCUT2D eigenvalue weighted by Gasteiger charge is 2.34. The van der Waals surface area contributed by atoms with Crippen molar-refractivity contribution in [2.75, 3.05) is 5.32 Å². The Kier molecular flexibility index (Phi) is 4.88. The summed E-state index contributed by atoms with van der Waals surface area (Å²) in [7, 11) is 0. The third-order valence-corrected chi connectivity index (χ3v) is 5.93. The summed E-state index contributed by atoms with van der Waals surface area (Å²) in [5, 5.41) is 12.9. The van der Waals surface area contributed by atoms with E-state index in [2.05, 4.69) is 61.4 Å². The Morgan fingerprint density at radius 1 is 1.23 bits per heavy atom. The average Bonchev–Trinajstić information content (AvgIpc) is 3.55. The summed E-state index contributed by atoms with van der Waals surface area (Å²) >= 11 is 0. The molecule has 5 rings (SSSR count). The smallest absolute Gasteiger partial charge is 0.219 e. The molecule has 1 unspecified atom stereocenters. The molecule has 1 fully saturated rings. The first-order chi connectivity index (χ1) is 15.2. The van der Waals surface area contributed by atoms with E-state index in [0.29, 0.717) is 17.3 Å². The molecular weight excluding hydrogens is 390 g/mol. The highest BCUT2D eigenvalue weighted by atomic mass is 15.3. The lowest BCUT2D eigenvalue weighted by atomic mass is 10.0. The average molecular weight is 413 g/mol. The van der Waals surface area contributed by atoms with E-state index in [9.17, 15) is 0 Å². The molecule has 1 aromatic carbocycles. The summed E-state index contributed by atoms with van der Waals surface area (Å²) in [6.07, 6.45) is 6.86. The van der Waals surface area contributed by atoms with Crippen molar-refractivity contribution in [3.8, 4) is 0 Å². The normalized spacial score (nSPS) is 15.5.